The third-order valence-corrected chi connectivity index (χ3v) is 3.84. The maximum Gasteiger partial charge on any atom is 0.220 e. The van der Waals surface area contributed by atoms with E-state index < -0.39 is 9.84 Å². The third-order valence-electron chi connectivity index (χ3n) is 2.07. The van der Waals surface area contributed by atoms with E-state index >= 15 is 0 Å². The fraction of sp³-hybridized carbons (Fsp3) is 0.875. The highest BCUT2D eigenvalue weighted by Gasteiger charge is 2.28. The normalized spacial score (nSPS) is 25.8. The minimum Gasteiger partial charge on any atom is -0.352 e. The van der Waals surface area contributed by atoms with Crippen LogP contribution in [0.15, 0.2) is 0 Å². The van der Waals surface area contributed by atoms with Crippen LogP contribution in [0.4, 0.5) is 0 Å². The number of sulfone groups is 1. The van der Waals surface area contributed by atoms with Gasteiger partial charge in [-0.25, -0.2) is 8.42 Å². The van der Waals surface area contributed by atoms with Gasteiger partial charge >= 0.3 is 0 Å². The van der Waals surface area contributed by atoms with Gasteiger partial charge in [0, 0.05) is 12.5 Å². The van der Waals surface area contributed by atoms with E-state index in [2.05, 4.69) is 5.32 Å². The lowest BCUT2D eigenvalue weighted by Gasteiger charge is -2.09. The SMILES string of the molecule is CCCC(=O)NC1CCS(=O)(=O)C1. The van der Waals surface area contributed by atoms with Gasteiger partial charge in [-0.2, -0.15) is 0 Å². The standard InChI is InChI=1S/C8H15NO3S/c1-2-3-8(10)9-7-4-5-13(11,12)6-7/h7H,2-6H2,1H3,(H,9,10). The number of rotatable bonds is 3. The minimum atomic E-state index is -2.87. The smallest absolute Gasteiger partial charge is 0.220 e. The molecule has 1 saturated heterocycles. The Balaban J connectivity index is 2.36. The molecule has 1 unspecified atom stereocenters. The van der Waals surface area contributed by atoms with Crippen LogP contribution in [0.1, 0.15) is 26.2 Å². The number of carbonyl (C=O) groups is 1. The summed E-state index contributed by atoms with van der Waals surface area (Å²) in [4.78, 5) is 11.1. The molecule has 13 heavy (non-hydrogen) atoms. The number of hydrogen-bond donors (Lipinski definition) is 1. The first-order valence-corrected chi connectivity index (χ1v) is 6.35. The summed E-state index contributed by atoms with van der Waals surface area (Å²) < 4.78 is 22.1. The molecular weight excluding hydrogens is 190 g/mol. The van der Waals surface area contributed by atoms with Gasteiger partial charge in [-0.1, -0.05) is 6.92 Å². The van der Waals surface area contributed by atoms with Gasteiger partial charge in [0.05, 0.1) is 11.5 Å². The highest BCUT2D eigenvalue weighted by Crippen LogP contribution is 2.11. The maximum absolute atomic E-state index is 11.1. The Morgan fingerprint density at radius 1 is 1.54 bits per heavy atom. The zero-order valence-electron chi connectivity index (χ0n) is 7.75. The molecule has 0 radical (unpaired) electrons. The van der Waals surface area contributed by atoms with Crippen LogP contribution in [0, 0.1) is 0 Å². The molecule has 4 nitrogen and oxygen atoms in total. The van der Waals surface area contributed by atoms with Crippen molar-refractivity contribution in [3.05, 3.63) is 0 Å². The number of amides is 1. The molecule has 1 amide bonds. The van der Waals surface area contributed by atoms with Gasteiger partial charge in [0.1, 0.15) is 0 Å². The lowest BCUT2D eigenvalue weighted by Crippen LogP contribution is -2.35. The first kappa shape index (κ1) is 10.5. The Morgan fingerprint density at radius 2 is 2.23 bits per heavy atom. The van der Waals surface area contributed by atoms with Crippen molar-refractivity contribution in [3.63, 3.8) is 0 Å². The van der Waals surface area contributed by atoms with Crippen LogP contribution in [0.5, 0.6) is 0 Å². The molecule has 0 spiro atoms. The molecule has 1 aliphatic rings. The first-order chi connectivity index (χ1) is 6.03. The quantitative estimate of drug-likeness (QED) is 0.710. The van der Waals surface area contributed by atoms with E-state index in [0.717, 1.165) is 6.42 Å². The van der Waals surface area contributed by atoms with E-state index in [1.54, 1.807) is 0 Å². The topological polar surface area (TPSA) is 63.2 Å². The Labute approximate surface area is 78.6 Å². The lowest BCUT2D eigenvalue weighted by atomic mass is 10.2. The molecule has 1 heterocycles. The second-order valence-corrected chi connectivity index (χ2v) is 5.65. The van der Waals surface area contributed by atoms with Crippen LogP contribution in [-0.4, -0.2) is 31.9 Å². The molecule has 1 fully saturated rings. The van der Waals surface area contributed by atoms with Gasteiger partial charge in [-0.3, -0.25) is 4.79 Å². The molecule has 1 aliphatic heterocycles. The molecule has 0 aromatic rings. The summed E-state index contributed by atoms with van der Waals surface area (Å²) in [5.74, 6) is 0.289. The van der Waals surface area contributed by atoms with Crippen molar-refractivity contribution in [2.75, 3.05) is 11.5 Å². The Hall–Kier alpha value is -0.580. The molecule has 1 atom stereocenters. The molecule has 0 aromatic carbocycles. The van der Waals surface area contributed by atoms with Crippen LogP contribution in [0.2, 0.25) is 0 Å². The van der Waals surface area contributed by atoms with Gasteiger partial charge < -0.3 is 5.32 Å². The predicted molar refractivity (Wildman–Crippen MR) is 50.1 cm³/mol. The van der Waals surface area contributed by atoms with E-state index in [1.165, 1.54) is 0 Å². The van der Waals surface area contributed by atoms with E-state index in [1.807, 2.05) is 6.92 Å². The molecule has 0 aromatic heterocycles. The summed E-state index contributed by atoms with van der Waals surface area (Å²) >= 11 is 0. The summed E-state index contributed by atoms with van der Waals surface area (Å²) in [5.41, 5.74) is 0. The molecular formula is C8H15NO3S. The average molecular weight is 205 g/mol. The molecule has 1 rings (SSSR count). The van der Waals surface area contributed by atoms with Crippen molar-refractivity contribution in [2.45, 2.75) is 32.2 Å². The largest absolute Gasteiger partial charge is 0.352 e. The Kier molecular flexibility index (Phi) is 3.30. The molecule has 1 N–H and O–H groups in total. The average Bonchev–Trinajstić information content (AvgIpc) is 2.30. The third kappa shape index (κ3) is 3.34. The highest BCUT2D eigenvalue weighted by atomic mass is 32.2. The van der Waals surface area contributed by atoms with E-state index in [-0.39, 0.29) is 23.5 Å². The fourth-order valence-corrected chi connectivity index (χ4v) is 3.11. The van der Waals surface area contributed by atoms with Crippen LogP contribution in [-0.2, 0) is 14.6 Å². The van der Waals surface area contributed by atoms with Crippen LogP contribution >= 0.6 is 0 Å². The van der Waals surface area contributed by atoms with Crippen LogP contribution in [0.3, 0.4) is 0 Å². The van der Waals surface area contributed by atoms with Crippen molar-refractivity contribution in [2.24, 2.45) is 0 Å². The van der Waals surface area contributed by atoms with Gasteiger partial charge in [0.25, 0.3) is 0 Å². The molecule has 0 aliphatic carbocycles. The van der Waals surface area contributed by atoms with Crippen molar-refractivity contribution in [1.29, 1.82) is 0 Å². The van der Waals surface area contributed by atoms with Crippen molar-refractivity contribution >= 4 is 15.7 Å². The molecule has 0 bridgehead atoms. The first-order valence-electron chi connectivity index (χ1n) is 4.53. The summed E-state index contributed by atoms with van der Waals surface area (Å²) in [7, 11) is -2.87. The maximum atomic E-state index is 11.1. The molecule has 0 saturated carbocycles. The zero-order chi connectivity index (χ0) is 9.90. The van der Waals surface area contributed by atoms with Gasteiger partial charge in [0.15, 0.2) is 9.84 Å². The van der Waals surface area contributed by atoms with Crippen LogP contribution < -0.4 is 5.32 Å². The number of nitrogens with one attached hydrogen (secondary N) is 1. The zero-order valence-corrected chi connectivity index (χ0v) is 8.56. The van der Waals surface area contributed by atoms with Gasteiger partial charge in [-0.05, 0) is 12.8 Å². The number of hydrogen-bond acceptors (Lipinski definition) is 3. The van der Waals surface area contributed by atoms with E-state index in [0.29, 0.717) is 12.8 Å². The molecule has 76 valence electrons. The minimum absolute atomic E-state index is 0.0374. The summed E-state index contributed by atoms with van der Waals surface area (Å²) in [5, 5.41) is 2.72. The predicted octanol–water partition coefficient (Wildman–Crippen LogP) is 0.0898. The van der Waals surface area contributed by atoms with Crippen molar-refractivity contribution in [3.8, 4) is 0 Å². The Morgan fingerprint density at radius 3 is 2.69 bits per heavy atom. The summed E-state index contributed by atoms with van der Waals surface area (Å²) in [6.45, 7) is 1.92. The van der Waals surface area contributed by atoms with E-state index in [9.17, 15) is 13.2 Å². The highest BCUT2D eigenvalue weighted by molar-refractivity contribution is 7.91. The van der Waals surface area contributed by atoms with E-state index in [4.69, 9.17) is 0 Å². The summed E-state index contributed by atoms with van der Waals surface area (Å²) in [6.07, 6.45) is 1.85. The second-order valence-electron chi connectivity index (χ2n) is 3.42. The Bertz CT molecular complexity index is 284. The van der Waals surface area contributed by atoms with Crippen molar-refractivity contribution < 1.29 is 13.2 Å². The monoisotopic (exact) mass is 205 g/mol. The van der Waals surface area contributed by atoms with Gasteiger partial charge in [-0.15, -0.1) is 0 Å². The second kappa shape index (κ2) is 4.09. The summed E-state index contributed by atoms with van der Waals surface area (Å²) in [6, 6.07) is -0.149. The van der Waals surface area contributed by atoms with Gasteiger partial charge in [0.2, 0.25) is 5.91 Å². The van der Waals surface area contributed by atoms with Crippen molar-refractivity contribution in [1.82, 2.24) is 5.32 Å². The fourth-order valence-electron chi connectivity index (χ4n) is 1.44. The lowest BCUT2D eigenvalue weighted by molar-refractivity contribution is -0.121. The molecule has 5 heteroatoms. The number of carbonyl (C=O) groups excluding carboxylic acids is 1. The van der Waals surface area contributed by atoms with Crippen LogP contribution in [0.25, 0.3) is 0 Å².